The average Bonchev–Trinajstić information content (AvgIpc) is 3.05. The number of carbonyl (C=O) groups is 1. The molecule has 0 bridgehead atoms. The quantitative estimate of drug-likeness (QED) is 0.482. The Labute approximate surface area is 167 Å². The Bertz CT molecular complexity index is 1120. The first-order valence-electron chi connectivity index (χ1n) is 8.17. The summed E-state index contributed by atoms with van der Waals surface area (Å²) in [5, 5.41) is 5.03. The third-order valence-electron chi connectivity index (χ3n) is 4.36. The van der Waals surface area contributed by atoms with E-state index in [0.717, 1.165) is 4.47 Å². The van der Waals surface area contributed by atoms with E-state index in [1.165, 1.54) is 18.7 Å². The summed E-state index contributed by atoms with van der Waals surface area (Å²) in [5.74, 6) is 1.07. The Morgan fingerprint density at radius 2 is 2.15 bits per heavy atom. The van der Waals surface area contributed by atoms with Gasteiger partial charge in [-0.25, -0.2) is 4.90 Å². The first-order valence-corrected chi connectivity index (χ1v) is 10.2. The van der Waals surface area contributed by atoms with Gasteiger partial charge >= 0.3 is 17.4 Å². The molecule has 2 aromatic heterocycles. The standard InChI is InChI=1S/C18H15BrN4O3S/c1-9-4-7-14(26-9)17-22(10(2)24)13-6-5-11(19)8-12(13)15-16(25)20-18(27-3)21-23(15)17/h4-8,17H,1-3H3/p+1/t17-/m0/s1. The fourth-order valence-corrected chi connectivity index (χ4v) is 4.00. The fraction of sp³-hybridized carbons (Fsp3) is 0.222. The van der Waals surface area contributed by atoms with Crippen molar-refractivity contribution in [1.82, 2.24) is 10.1 Å². The number of anilines is 1. The van der Waals surface area contributed by atoms with Gasteiger partial charge in [-0.05, 0) is 48.2 Å². The molecule has 0 saturated carbocycles. The minimum Gasteiger partial charge on any atom is -0.457 e. The van der Waals surface area contributed by atoms with Crippen LogP contribution in [0.5, 0.6) is 0 Å². The van der Waals surface area contributed by atoms with Gasteiger partial charge in [0.2, 0.25) is 11.1 Å². The number of benzene rings is 1. The highest BCUT2D eigenvalue weighted by Crippen LogP contribution is 2.39. The predicted molar refractivity (Wildman–Crippen MR) is 105 cm³/mol. The van der Waals surface area contributed by atoms with Crippen molar-refractivity contribution in [2.45, 2.75) is 25.2 Å². The van der Waals surface area contributed by atoms with Crippen LogP contribution in [-0.2, 0) is 4.79 Å². The molecule has 1 N–H and O–H groups in total. The zero-order valence-corrected chi connectivity index (χ0v) is 17.2. The van der Waals surface area contributed by atoms with E-state index in [9.17, 15) is 9.59 Å². The number of carbonyl (C=O) groups excluding carboxylic acids is 1. The normalized spacial score (nSPS) is 15.4. The highest BCUT2D eigenvalue weighted by Gasteiger charge is 2.46. The molecule has 0 unspecified atom stereocenters. The van der Waals surface area contributed by atoms with Gasteiger partial charge < -0.3 is 4.42 Å². The second-order valence-corrected chi connectivity index (χ2v) is 7.84. The Morgan fingerprint density at radius 3 is 2.78 bits per heavy atom. The highest BCUT2D eigenvalue weighted by molar-refractivity contribution is 9.10. The van der Waals surface area contributed by atoms with Crippen molar-refractivity contribution < 1.29 is 13.9 Å². The van der Waals surface area contributed by atoms with Crippen molar-refractivity contribution in [3.8, 4) is 11.3 Å². The minimum absolute atomic E-state index is 0.177. The van der Waals surface area contributed by atoms with Crippen LogP contribution in [0.1, 0.15) is 24.6 Å². The predicted octanol–water partition coefficient (Wildman–Crippen LogP) is 3.02. The van der Waals surface area contributed by atoms with Gasteiger partial charge in [0.1, 0.15) is 5.76 Å². The molecule has 4 rings (SSSR count). The van der Waals surface area contributed by atoms with Crippen LogP contribution in [0, 0.1) is 6.92 Å². The number of hydrogen-bond acceptors (Lipinski definition) is 5. The summed E-state index contributed by atoms with van der Waals surface area (Å²) in [6.07, 6.45) is 1.14. The number of furan rings is 1. The molecule has 1 amide bonds. The zero-order chi connectivity index (χ0) is 19.3. The van der Waals surface area contributed by atoms with Gasteiger partial charge in [-0.2, -0.15) is 0 Å². The maximum Gasteiger partial charge on any atom is 0.325 e. The number of hydrogen-bond donors (Lipinski definition) is 1. The highest BCUT2D eigenvalue weighted by atomic mass is 79.9. The van der Waals surface area contributed by atoms with Crippen molar-refractivity contribution in [1.29, 1.82) is 0 Å². The van der Waals surface area contributed by atoms with Gasteiger partial charge in [0.15, 0.2) is 5.76 Å². The number of thioether (sulfide) groups is 1. The number of aromatic nitrogens is 3. The Kier molecular flexibility index (Phi) is 4.43. The molecule has 7 nitrogen and oxygen atoms in total. The number of rotatable bonds is 2. The van der Waals surface area contributed by atoms with Gasteiger partial charge in [-0.3, -0.25) is 14.6 Å². The summed E-state index contributed by atoms with van der Waals surface area (Å²) < 4.78 is 8.20. The summed E-state index contributed by atoms with van der Waals surface area (Å²) in [7, 11) is 0. The van der Waals surface area contributed by atoms with Crippen molar-refractivity contribution in [2.24, 2.45) is 0 Å². The van der Waals surface area contributed by atoms with E-state index in [-0.39, 0.29) is 11.5 Å². The molecule has 1 aromatic carbocycles. The lowest BCUT2D eigenvalue weighted by molar-refractivity contribution is -0.764. The van der Waals surface area contributed by atoms with Crippen LogP contribution in [0.15, 0.2) is 49.2 Å². The molecule has 0 fully saturated rings. The van der Waals surface area contributed by atoms with Crippen molar-refractivity contribution in [3.63, 3.8) is 0 Å². The molecule has 0 saturated heterocycles. The lowest BCUT2D eigenvalue weighted by Gasteiger charge is -2.30. The number of aromatic amines is 1. The average molecular weight is 448 g/mol. The van der Waals surface area contributed by atoms with E-state index in [4.69, 9.17) is 4.42 Å². The molecule has 27 heavy (non-hydrogen) atoms. The van der Waals surface area contributed by atoms with E-state index < -0.39 is 6.17 Å². The molecule has 3 aromatic rings. The van der Waals surface area contributed by atoms with Crippen LogP contribution in [0.25, 0.3) is 11.3 Å². The SMILES string of the molecule is CSc1n[n+]2c(c(=O)[nH]1)-c1cc(Br)ccc1N(C(C)=O)[C@@H]2c1ccc(C)o1. The van der Waals surface area contributed by atoms with Crippen LogP contribution in [0.3, 0.4) is 0 Å². The molecule has 0 radical (unpaired) electrons. The summed E-state index contributed by atoms with van der Waals surface area (Å²) in [4.78, 5) is 29.9. The maximum atomic E-state index is 12.9. The largest absolute Gasteiger partial charge is 0.457 e. The van der Waals surface area contributed by atoms with Crippen molar-refractivity contribution >= 4 is 39.3 Å². The molecule has 1 aliphatic rings. The van der Waals surface area contributed by atoms with E-state index in [1.807, 2.05) is 37.4 Å². The summed E-state index contributed by atoms with van der Waals surface area (Å²) in [5.41, 5.74) is 1.36. The van der Waals surface area contributed by atoms with Crippen LogP contribution in [-0.4, -0.2) is 22.2 Å². The van der Waals surface area contributed by atoms with Crippen molar-refractivity contribution in [3.05, 3.63) is 56.7 Å². The third kappa shape index (κ3) is 2.90. The number of fused-ring (bicyclic) bond motifs is 3. The zero-order valence-electron chi connectivity index (χ0n) is 14.8. The second-order valence-electron chi connectivity index (χ2n) is 6.13. The Hall–Kier alpha value is -2.39. The Balaban J connectivity index is 2.11. The smallest absolute Gasteiger partial charge is 0.325 e. The number of amides is 1. The Morgan fingerprint density at radius 1 is 1.37 bits per heavy atom. The fourth-order valence-electron chi connectivity index (χ4n) is 3.28. The molecule has 138 valence electrons. The maximum absolute atomic E-state index is 12.9. The minimum atomic E-state index is -0.687. The number of halogens is 1. The summed E-state index contributed by atoms with van der Waals surface area (Å²) in [6, 6.07) is 9.10. The van der Waals surface area contributed by atoms with Gasteiger partial charge in [0.05, 0.1) is 11.3 Å². The molecule has 0 aliphatic carbocycles. The van der Waals surface area contributed by atoms with E-state index in [1.54, 1.807) is 15.6 Å². The molecule has 0 spiro atoms. The number of nitrogens with zero attached hydrogens (tertiary/aromatic N) is 3. The van der Waals surface area contributed by atoms with Gasteiger partial charge in [0, 0.05) is 16.5 Å². The van der Waals surface area contributed by atoms with E-state index in [2.05, 4.69) is 26.0 Å². The van der Waals surface area contributed by atoms with Crippen LogP contribution in [0.2, 0.25) is 0 Å². The monoisotopic (exact) mass is 447 g/mol. The summed E-state index contributed by atoms with van der Waals surface area (Å²) in [6.45, 7) is 3.32. The summed E-state index contributed by atoms with van der Waals surface area (Å²) >= 11 is 4.77. The van der Waals surface area contributed by atoms with Gasteiger partial charge in [-0.1, -0.05) is 27.7 Å². The van der Waals surface area contributed by atoms with Gasteiger partial charge in [0.25, 0.3) is 0 Å². The lowest BCUT2D eigenvalue weighted by Crippen LogP contribution is -2.60. The number of aryl methyl sites for hydroxylation is 1. The first-order chi connectivity index (χ1) is 12.9. The van der Waals surface area contributed by atoms with Crippen LogP contribution >= 0.6 is 27.7 Å². The molecule has 3 heterocycles. The van der Waals surface area contributed by atoms with Crippen molar-refractivity contribution in [2.75, 3.05) is 11.2 Å². The molecule has 1 atom stereocenters. The van der Waals surface area contributed by atoms with E-state index >= 15 is 0 Å². The lowest BCUT2D eigenvalue weighted by atomic mass is 10.0. The topological polar surface area (TPSA) is 83.1 Å². The number of H-pyrrole nitrogens is 1. The van der Waals surface area contributed by atoms with Crippen LogP contribution in [0.4, 0.5) is 5.69 Å². The molecule has 1 aliphatic heterocycles. The van der Waals surface area contributed by atoms with E-state index in [0.29, 0.717) is 33.6 Å². The molecule has 9 heteroatoms. The van der Waals surface area contributed by atoms with Crippen LogP contribution < -0.4 is 15.1 Å². The second kappa shape index (κ2) is 6.65. The molecular formula is C18H16BrN4O3S+. The van der Waals surface area contributed by atoms with Gasteiger partial charge in [-0.15, -0.1) is 0 Å². The first kappa shape index (κ1) is 18.0. The third-order valence-corrected chi connectivity index (χ3v) is 5.42. The molecular weight excluding hydrogens is 432 g/mol. The number of nitrogens with one attached hydrogen (secondary N) is 1.